The second-order valence-electron chi connectivity index (χ2n) is 5.77. The number of ether oxygens (including phenoxy) is 2. The monoisotopic (exact) mass is 312 g/mol. The highest BCUT2D eigenvalue weighted by Crippen LogP contribution is 2.32. The SMILES string of the molecule is Cc1cc(C)c(NC(=O)NCc2ccc3c(c2)OCO3)c(C)c1. The maximum atomic E-state index is 12.1. The zero-order valence-electron chi connectivity index (χ0n) is 13.5. The third-order valence-electron chi connectivity index (χ3n) is 3.81. The molecule has 2 N–H and O–H groups in total. The molecule has 23 heavy (non-hydrogen) atoms. The zero-order chi connectivity index (χ0) is 16.4. The number of amides is 2. The first kappa shape index (κ1) is 15.2. The summed E-state index contributed by atoms with van der Waals surface area (Å²) in [5.41, 5.74) is 5.12. The van der Waals surface area contributed by atoms with Gasteiger partial charge in [0.05, 0.1) is 0 Å². The normalized spacial score (nSPS) is 12.1. The number of nitrogens with one attached hydrogen (secondary N) is 2. The molecule has 1 heterocycles. The van der Waals surface area contributed by atoms with Crippen molar-refractivity contribution in [3.63, 3.8) is 0 Å². The van der Waals surface area contributed by atoms with Crippen molar-refractivity contribution in [1.82, 2.24) is 5.32 Å². The fraction of sp³-hybridized carbons (Fsp3) is 0.278. The lowest BCUT2D eigenvalue weighted by Crippen LogP contribution is -2.28. The van der Waals surface area contributed by atoms with Crippen LogP contribution in [0.4, 0.5) is 10.5 Å². The van der Waals surface area contributed by atoms with Crippen molar-refractivity contribution in [2.75, 3.05) is 12.1 Å². The quantitative estimate of drug-likeness (QED) is 0.909. The first-order chi connectivity index (χ1) is 11.0. The number of carbonyl (C=O) groups excluding carboxylic acids is 1. The molecule has 2 amide bonds. The van der Waals surface area contributed by atoms with Crippen LogP contribution in [0, 0.1) is 20.8 Å². The van der Waals surface area contributed by atoms with Crippen LogP contribution in [0.1, 0.15) is 22.3 Å². The minimum absolute atomic E-state index is 0.224. The lowest BCUT2D eigenvalue weighted by Gasteiger charge is -2.13. The largest absolute Gasteiger partial charge is 0.454 e. The molecule has 120 valence electrons. The van der Waals surface area contributed by atoms with E-state index in [1.807, 2.05) is 39.0 Å². The van der Waals surface area contributed by atoms with E-state index in [0.29, 0.717) is 6.54 Å². The number of anilines is 1. The van der Waals surface area contributed by atoms with Gasteiger partial charge in [-0.05, 0) is 49.6 Å². The second-order valence-corrected chi connectivity index (χ2v) is 5.77. The molecule has 0 unspecified atom stereocenters. The van der Waals surface area contributed by atoms with Crippen molar-refractivity contribution in [2.24, 2.45) is 0 Å². The fourth-order valence-corrected chi connectivity index (χ4v) is 2.77. The maximum Gasteiger partial charge on any atom is 0.319 e. The molecule has 0 aromatic heterocycles. The van der Waals surface area contributed by atoms with E-state index in [-0.39, 0.29) is 12.8 Å². The molecule has 3 rings (SSSR count). The summed E-state index contributed by atoms with van der Waals surface area (Å²) in [4.78, 5) is 12.1. The number of carbonyl (C=O) groups is 1. The van der Waals surface area contributed by atoms with Crippen molar-refractivity contribution in [3.8, 4) is 11.5 Å². The van der Waals surface area contributed by atoms with Gasteiger partial charge in [0.25, 0.3) is 0 Å². The molecule has 0 saturated heterocycles. The Morgan fingerprint density at radius 3 is 2.48 bits per heavy atom. The van der Waals surface area contributed by atoms with Crippen LogP contribution in [-0.4, -0.2) is 12.8 Å². The summed E-state index contributed by atoms with van der Waals surface area (Å²) in [6.07, 6.45) is 0. The van der Waals surface area contributed by atoms with Crippen LogP contribution in [0.25, 0.3) is 0 Å². The Kier molecular flexibility index (Phi) is 4.10. The number of rotatable bonds is 3. The van der Waals surface area contributed by atoms with E-state index in [2.05, 4.69) is 22.8 Å². The third-order valence-corrected chi connectivity index (χ3v) is 3.81. The molecular weight excluding hydrogens is 292 g/mol. The summed E-state index contributed by atoms with van der Waals surface area (Å²) in [5, 5.41) is 5.78. The number of aryl methyl sites for hydroxylation is 3. The molecule has 0 spiro atoms. The third kappa shape index (κ3) is 3.39. The molecule has 0 aliphatic carbocycles. The standard InChI is InChI=1S/C18H20N2O3/c1-11-6-12(2)17(13(3)7-11)20-18(21)19-9-14-4-5-15-16(8-14)23-10-22-15/h4-8H,9-10H2,1-3H3,(H2,19,20,21). The van der Waals surface area contributed by atoms with Gasteiger partial charge in [0.15, 0.2) is 11.5 Å². The van der Waals surface area contributed by atoms with Crippen molar-refractivity contribution in [2.45, 2.75) is 27.3 Å². The van der Waals surface area contributed by atoms with Gasteiger partial charge in [-0.2, -0.15) is 0 Å². The minimum atomic E-state index is -0.224. The van der Waals surface area contributed by atoms with Gasteiger partial charge in [0.2, 0.25) is 6.79 Å². The lowest BCUT2D eigenvalue weighted by molar-refractivity contribution is 0.174. The fourth-order valence-electron chi connectivity index (χ4n) is 2.77. The van der Waals surface area contributed by atoms with E-state index in [1.165, 1.54) is 5.56 Å². The van der Waals surface area contributed by atoms with Gasteiger partial charge in [-0.3, -0.25) is 0 Å². The van der Waals surface area contributed by atoms with E-state index in [9.17, 15) is 4.79 Å². The van der Waals surface area contributed by atoms with E-state index in [0.717, 1.165) is 33.9 Å². The smallest absolute Gasteiger partial charge is 0.319 e. The highest BCUT2D eigenvalue weighted by atomic mass is 16.7. The van der Waals surface area contributed by atoms with Crippen molar-refractivity contribution in [3.05, 3.63) is 52.6 Å². The highest BCUT2D eigenvalue weighted by molar-refractivity contribution is 5.91. The van der Waals surface area contributed by atoms with Gasteiger partial charge in [0, 0.05) is 12.2 Å². The molecule has 2 aromatic carbocycles. The van der Waals surface area contributed by atoms with Gasteiger partial charge in [0.1, 0.15) is 0 Å². The van der Waals surface area contributed by atoms with Gasteiger partial charge in [-0.1, -0.05) is 23.8 Å². The number of hydrogen-bond donors (Lipinski definition) is 2. The van der Waals surface area contributed by atoms with Gasteiger partial charge >= 0.3 is 6.03 Å². The Hall–Kier alpha value is -2.69. The van der Waals surface area contributed by atoms with Crippen LogP contribution < -0.4 is 20.1 Å². The van der Waals surface area contributed by atoms with Crippen LogP contribution in [0.3, 0.4) is 0 Å². The first-order valence-corrected chi connectivity index (χ1v) is 7.54. The van der Waals surface area contributed by atoms with Crippen LogP contribution in [-0.2, 0) is 6.54 Å². The van der Waals surface area contributed by atoms with Crippen LogP contribution in [0.15, 0.2) is 30.3 Å². The minimum Gasteiger partial charge on any atom is -0.454 e. The number of urea groups is 1. The predicted octanol–water partition coefficient (Wildman–Crippen LogP) is 3.66. The van der Waals surface area contributed by atoms with E-state index >= 15 is 0 Å². The molecule has 0 saturated carbocycles. The second kappa shape index (κ2) is 6.20. The predicted molar refractivity (Wildman–Crippen MR) is 89.1 cm³/mol. The van der Waals surface area contributed by atoms with Gasteiger partial charge in [-0.25, -0.2) is 4.79 Å². The summed E-state index contributed by atoms with van der Waals surface area (Å²) in [5.74, 6) is 1.46. The van der Waals surface area contributed by atoms with Crippen LogP contribution in [0.2, 0.25) is 0 Å². The summed E-state index contributed by atoms with van der Waals surface area (Å²) < 4.78 is 10.6. The van der Waals surface area contributed by atoms with E-state index in [4.69, 9.17) is 9.47 Å². The number of fused-ring (bicyclic) bond motifs is 1. The Balaban J connectivity index is 1.62. The average molecular weight is 312 g/mol. The number of benzene rings is 2. The Labute approximate surface area is 135 Å². The average Bonchev–Trinajstić information content (AvgIpc) is 2.96. The van der Waals surface area contributed by atoms with Crippen LogP contribution in [0.5, 0.6) is 11.5 Å². The molecule has 0 atom stereocenters. The number of hydrogen-bond acceptors (Lipinski definition) is 3. The van der Waals surface area contributed by atoms with Gasteiger partial charge in [-0.15, -0.1) is 0 Å². The summed E-state index contributed by atoms with van der Waals surface area (Å²) >= 11 is 0. The van der Waals surface area contributed by atoms with E-state index in [1.54, 1.807) is 0 Å². The lowest BCUT2D eigenvalue weighted by atomic mass is 10.1. The van der Waals surface area contributed by atoms with E-state index < -0.39 is 0 Å². The topological polar surface area (TPSA) is 59.6 Å². The molecule has 1 aliphatic rings. The Bertz CT molecular complexity index is 733. The first-order valence-electron chi connectivity index (χ1n) is 7.54. The zero-order valence-corrected chi connectivity index (χ0v) is 13.5. The molecule has 2 aromatic rings. The van der Waals surface area contributed by atoms with Gasteiger partial charge < -0.3 is 20.1 Å². The molecule has 0 bridgehead atoms. The molecule has 1 aliphatic heterocycles. The summed E-state index contributed by atoms with van der Waals surface area (Å²) in [6.45, 7) is 6.70. The molecular formula is C18H20N2O3. The van der Waals surface area contributed by atoms with Crippen LogP contribution >= 0.6 is 0 Å². The Morgan fingerprint density at radius 2 is 1.74 bits per heavy atom. The van der Waals surface area contributed by atoms with Crippen molar-refractivity contribution >= 4 is 11.7 Å². The highest BCUT2D eigenvalue weighted by Gasteiger charge is 2.13. The summed E-state index contributed by atoms with van der Waals surface area (Å²) in [6, 6.07) is 9.53. The van der Waals surface area contributed by atoms with Crippen molar-refractivity contribution < 1.29 is 14.3 Å². The summed E-state index contributed by atoms with van der Waals surface area (Å²) in [7, 11) is 0. The Morgan fingerprint density at radius 1 is 1.04 bits per heavy atom. The molecule has 5 heteroatoms. The molecule has 0 radical (unpaired) electrons. The molecule has 5 nitrogen and oxygen atoms in total. The molecule has 0 fully saturated rings. The van der Waals surface area contributed by atoms with Crippen molar-refractivity contribution in [1.29, 1.82) is 0 Å². The maximum absolute atomic E-state index is 12.1.